The van der Waals surface area contributed by atoms with Crippen molar-refractivity contribution in [2.45, 2.75) is 37.9 Å². The van der Waals surface area contributed by atoms with E-state index in [4.69, 9.17) is 21.1 Å². The van der Waals surface area contributed by atoms with Crippen LogP contribution in [0, 0.1) is 0 Å². The summed E-state index contributed by atoms with van der Waals surface area (Å²) < 4.78 is 10.6. The average molecular weight is 239 g/mol. The molecule has 1 rings (SSSR count). The van der Waals surface area contributed by atoms with Crippen molar-refractivity contribution in [1.29, 1.82) is 0 Å². The molecule has 0 aromatic carbocycles. The monoisotopic (exact) mass is 238 g/mol. The van der Waals surface area contributed by atoms with Gasteiger partial charge in [-0.3, -0.25) is 4.79 Å². The first-order valence-corrected chi connectivity index (χ1v) is 6.24. The lowest BCUT2D eigenvalue weighted by molar-refractivity contribution is -0.183. The van der Waals surface area contributed by atoms with Crippen molar-refractivity contribution in [2.75, 3.05) is 11.6 Å². The van der Waals surface area contributed by atoms with E-state index in [0.717, 1.165) is 0 Å². The van der Waals surface area contributed by atoms with E-state index < -0.39 is 6.29 Å². The third-order valence-electron chi connectivity index (χ3n) is 2.08. The van der Waals surface area contributed by atoms with Gasteiger partial charge in [0.1, 0.15) is 0 Å². The number of carbonyl (C=O) groups is 1. The minimum absolute atomic E-state index is 0.127. The summed E-state index contributed by atoms with van der Waals surface area (Å²) in [7, 11) is 0. The minimum Gasteiger partial charge on any atom is -0.435 e. The van der Waals surface area contributed by atoms with Crippen molar-refractivity contribution in [3.8, 4) is 0 Å². The minimum atomic E-state index is -0.401. The van der Waals surface area contributed by atoms with Crippen LogP contribution >= 0.6 is 23.4 Å². The van der Waals surface area contributed by atoms with Crippen molar-refractivity contribution in [1.82, 2.24) is 0 Å². The maximum absolute atomic E-state index is 11.1. The molecule has 3 nitrogen and oxygen atoms in total. The molecule has 1 aliphatic heterocycles. The van der Waals surface area contributed by atoms with Crippen LogP contribution < -0.4 is 0 Å². The normalized spacial score (nSPS) is 32.6. The molecule has 1 fully saturated rings. The number of alkyl halides is 1. The van der Waals surface area contributed by atoms with Gasteiger partial charge in [-0.05, 0) is 6.92 Å². The zero-order chi connectivity index (χ0) is 10.6. The van der Waals surface area contributed by atoms with Gasteiger partial charge in [-0.15, -0.1) is 23.4 Å². The summed E-state index contributed by atoms with van der Waals surface area (Å²) in [6, 6.07) is 0. The van der Waals surface area contributed by atoms with Crippen LogP contribution in [0.15, 0.2) is 0 Å². The van der Waals surface area contributed by atoms with Gasteiger partial charge in [-0.2, -0.15) is 0 Å². The highest BCUT2D eigenvalue weighted by Crippen LogP contribution is 2.26. The standard InChI is InChI=1S/C9H15ClO3S/c1-6-7(2)14-5-9(12-6)13-8(11)3-4-10/h6-7,9H,3-5H2,1-2H3. The molecular formula is C9H15ClO3S. The topological polar surface area (TPSA) is 35.5 Å². The predicted molar refractivity (Wildman–Crippen MR) is 57.7 cm³/mol. The molecular weight excluding hydrogens is 224 g/mol. The van der Waals surface area contributed by atoms with Crippen molar-refractivity contribution < 1.29 is 14.3 Å². The first-order valence-electron chi connectivity index (χ1n) is 4.66. The van der Waals surface area contributed by atoms with E-state index >= 15 is 0 Å². The van der Waals surface area contributed by atoms with E-state index in [-0.39, 0.29) is 18.5 Å². The van der Waals surface area contributed by atoms with Gasteiger partial charge in [0.15, 0.2) is 0 Å². The van der Waals surface area contributed by atoms with Crippen molar-refractivity contribution in [3.05, 3.63) is 0 Å². The molecule has 1 aliphatic rings. The first-order chi connectivity index (χ1) is 6.63. The van der Waals surface area contributed by atoms with Gasteiger partial charge >= 0.3 is 5.97 Å². The lowest BCUT2D eigenvalue weighted by Crippen LogP contribution is -2.37. The molecule has 0 N–H and O–H groups in total. The molecule has 0 saturated carbocycles. The number of thioether (sulfide) groups is 1. The van der Waals surface area contributed by atoms with Gasteiger partial charge in [0.25, 0.3) is 0 Å². The fourth-order valence-electron chi connectivity index (χ4n) is 1.10. The van der Waals surface area contributed by atoms with E-state index in [1.54, 1.807) is 11.8 Å². The van der Waals surface area contributed by atoms with Gasteiger partial charge in [0, 0.05) is 11.1 Å². The number of rotatable bonds is 3. The third-order valence-corrected chi connectivity index (χ3v) is 3.65. The summed E-state index contributed by atoms with van der Waals surface area (Å²) in [4.78, 5) is 11.1. The number of halogens is 1. The molecule has 0 bridgehead atoms. The summed E-state index contributed by atoms with van der Waals surface area (Å²) in [5.74, 6) is 0.719. The fraction of sp³-hybridized carbons (Fsp3) is 0.889. The lowest BCUT2D eigenvalue weighted by Gasteiger charge is -2.31. The molecule has 0 amide bonds. The number of ether oxygens (including phenoxy) is 2. The maximum atomic E-state index is 11.1. The van der Waals surface area contributed by atoms with Crippen LogP contribution in [-0.2, 0) is 14.3 Å². The summed E-state index contributed by atoms with van der Waals surface area (Å²) in [5, 5.41) is 0.456. The van der Waals surface area contributed by atoms with E-state index in [1.165, 1.54) is 0 Å². The molecule has 0 radical (unpaired) electrons. The van der Waals surface area contributed by atoms with Gasteiger partial charge in [-0.1, -0.05) is 6.92 Å². The summed E-state index contributed by atoms with van der Waals surface area (Å²) in [6.45, 7) is 4.09. The van der Waals surface area contributed by atoms with Gasteiger partial charge in [-0.25, -0.2) is 0 Å². The highest BCUT2D eigenvalue weighted by Gasteiger charge is 2.27. The molecule has 0 aromatic heterocycles. The summed E-state index contributed by atoms with van der Waals surface area (Å²) >= 11 is 7.18. The Kier molecular flexibility index (Phi) is 5.06. The molecule has 0 aromatic rings. The second-order valence-electron chi connectivity index (χ2n) is 3.24. The Labute approximate surface area is 93.5 Å². The van der Waals surface area contributed by atoms with Crippen LogP contribution in [0.5, 0.6) is 0 Å². The Morgan fingerprint density at radius 2 is 2.36 bits per heavy atom. The van der Waals surface area contributed by atoms with Crippen LogP contribution in [-0.4, -0.2) is 35.2 Å². The number of hydrogen-bond acceptors (Lipinski definition) is 4. The summed E-state index contributed by atoms with van der Waals surface area (Å²) in [6.07, 6.45) is -0.0276. The largest absolute Gasteiger partial charge is 0.435 e. The van der Waals surface area contributed by atoms with Crippen molar-refractivity contribution >= 4 is 29.3 Å². The Hall–Kier alpha value is 0.0700. The molecule has 5 heteroatoms. The van der Waals surface area contributed by atoms with Gasteiger partial charge < -0.3 is 9.47 Å². The molecule has 82 valence electrons. The van der Waals surface area contributed by atoms with Crippen LogP contribution in [0.3, 0.4) is 0 Å². The molecule has 1 heterocycles. The first kappa shape index (κ1) is 12.1. The quantitative estimate of drug-likeness (QED) is 0.557. The molecule has 3 unspecified atom stereocenters. The number of esters is 1. The molecule has 1 saturated heterocycles. The van der Waals surface area contributed by atoms with Crippen molar-refractivity contribution in [2.24, 2.45) is 0 Å². The van der Waals surface area contributed by atoms with E-state index in [2.05, 4.69) is 6.92 Å². The fourth-order valence-corrected chi connectivity index (χ4v) is 2.20. The van der Waals surface area contributed by atoms with Gasteiger partial charge in [0.2, 0.25) is 6.29 Å². The molecule has 14 heavy (non-hydrogen) atoms. The van der Waals surface area contributed by atoms with Crippen LogP contribution in [0.1, 0.15) is 20.3 Å². The highest BCUT2D eigenvalue weighted by atomic mass is 35.5. The van der Waals surface area contributed by atoms with Crippen LogP contribution in [0.2, 0.25) is 0 Å². The zero-order valence-electron chi connectivity index (χ0n) is 8.36. The molecule has 0 spiro atoms. The Balaban J connectivity index is 2.29. The predicted octanol–water partition coefficient (Wildman–Crippen LogP) is 2.02. The average Bonchev–Trinajstić information content (AvgIpc) is 2.12. The summed E-state index contributed by atoms with van der Waals surface area (Å²) in [5.41, 5.74) is 0. The van der Waals surface area contributed by atoms with E-state index in [0.29, 0.717) is 16.9 Å². The van der Waals surface area contributed by atoms with Crippen molar-refractivity contribution in [3.63, 3.8) is 0 Å². The second-order valence-corrected chi connectivity index (χ2v) is 5.03. The Morgan fingerprint density at radius 3 is 2.93 bits per heavy atom. The SMILES string of the molecule is CC1OC(OC(=O)CCCl)CSC1C. The highest BCUT2D eigenvalue weighted by molar-refractivity contribution is 8.00. The Bertz CT molecular complexity index is 200. The van der Waals surface area contributed by atoms with E-state index in [1.807, 2.05) is 6.92 Å². The maximum Gasteiger partial charge on any atom is 0.309 e. The molecule has 3 atom stereocenters. The molecule has 0 aliphatic carbocycles. The number of carbonyl (C=O) groups excluding carboxylic acids is 1. The lowest BCUT2D eigenvalue weighted by atomic mass is 10.3. The van der Waals surface area contributed by atoms with Crippen LogP contribution in [0.4, 0.5) is 0 Å². The Morgan fingerprint density at radius 1 is 1.64 bits per heavy atom. The smallest absolute Gasteiger partial charge is 0.309 e. The van der Waals surface area contributed by atoms with Crippen LogP contribution in [0.25, 0.3) is 0 Å². The van der Waals surface area contributed by atoms with Gasteiger partial charge in [0.05, 0.1) is 18.3 Å². The second kappa shape index (κ2) is 5.83. The third kappa shape index (κ3) is 3.67. The van der Waals surface area contributed by atoms with E-state index in [9.17, 15) is 4.79 Å². The number of hydrogen-bond donors (Lipinski definition) is 0. The zero-order valence-corrected chi connectivity index (χ0v) is 9.94.